The van der Waals surface area contributed by atoms with Crippen molar-refractivity contribution in [3.8, 4) is 5.75 Å². The first-order chi connectivity index (χ1) is 19.4. The second-order valence-corrected chi connectivity index (χ2v) is 12.2. The highest BCUT2D eigenvalue weighted by atomic mass is 35.5. The molecule has 0 radical (unpaired) electrons. The van der Waals surface area contributed by atoms with E-state index in [1.807, 2.05) is 18.0 Å². The molecule has 13 heteroatoms. The summed E-state index contributed by atoms with van der Waals surface area (Å²) in [4.78, 5) is 45.3. The molecular formula is C28H24Cl3F2N3O4S. The quantitative estimate of drug-likeness (QED) is 0.292. The third kappa shape index (κ3) is 5.80. The Bertz CT molecular complexity index is 1590. The number of nitrogens with one attached hydrogen (secondary N) is 1. The van der Waals surface area contributed by atoms with E-state index >= 15 is 0 Å². The number of amides is 2. The molecule has 41 heavy (non-hydrogen) atoms. The minimum Gasteiger partial charge on any atom is -0.495 e. The van der Waals surface area contributed by atoms with Crippen molar-refractivity contribution in [3.05, 3.63) is 79.2 Å². The lowest BCUT2D eigenvalue weighted by Crippen LogP contribution is -2.40. The summed E-state index contributed by atoms with van der Waals surface area (Å²) < 4.78 is 33.7. The van der Waals surface area contributed by atoms with Crippen LogP contribution in [0.15, 0.2) is 51.0 Å². The molecule has 3 heterocycles. The van der Waals surface area contributed by atoms with E-state index in [9.17, 15) is 23.2 Å². The molecule has 1 N–H and O–H groups in total. The van der Waals surface area contributed by atoms with Crippen molar-refractivity contribution >= 4 is 64.1 Å². The fourth-order valence-corrected chi connectivity index (χ4v) is 6.79. The van der Waals surface area contributed by atoms with Crippen LogP contribution in [-0.4, -0.2) is 35.4 Å². The van der Waals surface area contributed by atoms with Crippen LogP contribution in [0.1, 0.15) is 46.9 Å². The smallest absolute Gasteiger partial charge is 0.362 e. The third-order valence-corrected chi connectivity index (χ3v) is 9.40. The van der Waals surface area contributed by atoms with Gasteiger partial charge in [-0.15, -0.1) is 0 Å². The maximum atomic E-state index is 14.0. The predicted molar refractivity (Wildman–Crippen MR) is 155 cm³/mol. The van der Waals surface area contributed by atoms with Crippen molar-refractivity contribution in [2.45, 2.75) is 48.0 Å². The number of fused-ring (bicyclic) bond motifs is 1. The zero-order valence-corrected chi connectivity index (χ0v) is 25.0. The lowest BCUT2D eigenvalue weighted by Gasteiger charge is -2.32. The SMILES string of the molecule is COc1cc2c(cc1N1CCCC(C)C1=O)CN(C(=O)c1c(Sc3c(Cl)cccc3Cl)cc(C(F)(F)Cl)[nH]c1=O)C2. The monoisotopic (exact) mass is 641 g/mol. The van der Waals surface area contributed by atoms with Gasteiger partial charge >= 0.3 is 5.38 Å². The van der Waals surface area contributed by atoms with Gasteiger partial charge in [-0.05, 0) is 65.9 Å². The summed E-state index contributed by atoms with van der Waals surface area (Å²) in [5.74, 6) is -0.294. The van der Waals surface area contributed by atoms with E-state index in [-0.39, 0.29) is 45.4 Å². The van der Waals surface area contributed by atoms with Gasteiger partial charge in [0.05, 0.1) is 22.8 Å². The number of anilines is 1. The molecule has 0 aliphatic carbocycles. The fraction of sp³-hybridized carbons (Fsp3) is 0.321. The molecule has 0 saturated carbocycles. The van der Waals surface area contributed by atoms with Crippen LogP contribution >= 0.6 is 46.6 Å². The van der Waals surface area contributed by atoms with Gasteiger partial charge < -0.3 is 19.5 Å². The molecule has 0 bridgehead atoms. The molecular weight excluding hydrogens is 619 g/mol. The molecule has 1 unspecified atom stereocenters. The highest BCUT2D eigenvalue weighted by molar-refractivity contribution is 7.99. The molecule has 0 spiro atoms. The Kier molecular flexibility index (Phi) is 8.31. The number of alkyl halides is 3. The van der Waals surface area contributed by atoms with Crippen LogP contribution in [0.5, 0.6) is 5.75 Å². The average Bonchev–Trinajstić information content (AvgIpc) is 3.34. The molecule has 1 atom stereocenters. The second kappa shape index (κ2) is 11.5. The van der Waals surface area contributed by atoms with Gasteiger partial charge in [0.1, 0.15) is 17.0 Å². The van der Waals surface area contributed by atoms with Crippen LogP contribution in [0.3, 0.4) is 0 Å². The van der Waals surface area contributed by atoms with E-state index in [2.05, 4.69) is 0 Å². The number of aromatic amines is 1. The number of rotatable bonds is 6. The molecule has 3 aromatic rings. The number of carbonyl (C=O) groups excluding carboxylic acids is 2. The first kappa shape index (κ1) is 29.7. The summed E-state index contributed by atoms with van der Waals surface area (Å²) >= 11 is 18.6. The topological polar surface area (TPSA) is 82.7 Å². The zero-order chi connectivity index (χ0) is 29.6. The summed E-state index contributed by atoms with van der Waals surface area (Å²) in [6.07, 6.45) is 1.67. The molecule has 5 rings (SSSR count). The molecule has 2 amide bonds. The zero-order valence-electron chi connectivity index (χ0n) is 21.9. The van der Waals surface area contributed by atoms with Gasteiger partial charge in [-0.1, -0.05) is 48.0 Å². The maximum Gasteiger partial charge on any atom is 0.362 e. The Balaban J connectivity index is 1.52. The number of H-pyrrole nitrogens is 1. The third-order valence-electron chi connectivity index (χ3n) is 7.16. The van der Waals surface area contributed by atoms with Gasteiger partial charge in [0.15, 0.2) is 0 Å². The van der Waals surface area contributed by atoms with Crippen molar-refractivity contribution in [1.82, 2.24) is 9.88 Å². The van der Waals surface area contributed by atoms with Gasteiger partial charge in [0.2, 0.25) is 5.91 Å². The minimum atomic E-state index is -3.89. The van der Waals surface area contributed by atoms with E-state index in [0.29, 0.717) is 22.9 Å². The van der Waals surface area contributed by atoms with Crippen molar-refractivity contribution in [1.29, 1.82) is 0 Å². The van der Waals surface area contributed by atoms with Crippen molar-refractivity contribution in [3.63, 3.8) is 0 Å². The number of methoxy groups -OCH3 is 1. The van der Waals surface area contributed by atoms with Gasteiger partial charge in [-0.25, -0.2) is 0 Å². The van der Waals surface area contributed by atoms with Crippen molar-refractivity contribution < 1.29 is 23.1 Å². The number of pyridine rings is 1. The normalized spacial score (nSPS) is 17.1. The van der Waals surface area contributed by atoms with Crippen molar-refractivity contribution in [2.75, 3.05) is 18.6 Å². The van der Waals surface area contributed by atoms with E-state index in [0.717, 1.165) is 41.8 Å². The van der Waals surface area contributed by atoms with Crippen LogP contribution in [0.4, 0.5) is 14.5 Å². The number of hydrogen-bond acceptors (Lipinski definition) is 5. The molecule has 2 aliphatic heterocycles. The van der Waals surface area contributed by atoms with Crippen LogP contribution < -0.4 is 15.2 Å². The van der Waals surface area contributed by atoms with E-state index in [4.69, 9.17) is 39.5 Å². The summed E-state index contributed by atoms with van der Waals surface area (Å²) in [5, 5.41) is -3.45. The molecule has 2 aromatic carbocycles. The summed E-state index contributed by atoms with van der Waals surface area (Å²) in [6, 6.07) is 9.29. The molecule has 1 fully saturated rings. The Morgan fingerprint density at radius 3 is 2.41 bits per heavy atom. The number of ether oxygens (including phenoxy) is 1. The van der Waals surface area contributed by atoms with Gasteiger partial charge in [0.25, 0.3) is 11.5 Å². The summed E-state index contributed by atoms with van der Waals surface area (Å²) in [5.41, 5.74) is -0.0699. The van der Waals surface area contributed by atoms with Gasteiger partial charge in [0, 0.05) is 35.3 Å². The Labute approximate surface area is 253 Å². The van der Waals surface area contributed by atoms with Crippen LogP contribution in [0.2, 0.25) is 10.0 Å². The largest absolute Gasteiger partial charge is 0.495 e. The number of aromatic nitrogens is 1. The highest BCUT2D eigenvalue weighted by Crippen LogP contribution is 2.42. The Hall–Kier alpha value is -2.79. The number of piperidine rings is 1. The van der Waals surface area contributed by atoms with Gasteiger partial charge in [-0.3, -0.25) is 14.4 Å². The van der Waals surface area contributed by atoms with Crippen LogP contribution in [-0.2, 0) is 23.3 Å². The number of hydrogen-bond donors (Lipinski definition) is 1. The van der Waals surface area contributed by atoms with Crippen molar-refractivity contribution in [2.24, 2.45) is 5.92 Å². The lowest BCUT2D eigenvalue weighted by molar-refractivity contribution is -0.123. The minimum absolute atomic E-state index is 0.00282. The standard InChI is InChI=1S/C28H24Cl3F2N3O4S/c1-14-5-4-8-36(26(14)38)19-9-15-12-35(13-16(15)10-20(19)40-2)27(39)23-21(11-22(28(31,32)33)34-25(23)37)41-24-17(29)6-3-7-18(24)30/h3,6-7,9-11,14H,4-5,8,12-13H2,1-2H3,(H,34,37). The fourth-order valence-electron chi connectivity index (χ4n) is 5.05. The van der Waals surface area contributed by atoms with E-state index < -0.39 is 22.5 Å². The van der Waals surface area contributed by atoms with E-state index in [1.54, 1.807) is 29.2 Å². The molecule has 2 aliphatic rings. The second-order valence-electron chi connectivity index (χ2n) is 9.89. The number of nitrogens with zero attached hydrogens (tertiary/aromatic N) is 2. The van der Waals surface area contributed by atoms with Crippen LogP contribution in [0, 0.1) is 5.92 Å². The number of carbonyl (C=O) groups is 2. The predicted octanol–water partition coefficient (Wildman–Crippen LogP) is 7.05. The van der Waals surface area contributed by atoms with E-state index in [1.165, 1.54) is 12.0 Å². The first-order valence-electron chi connectivity index (χ1n) is 12.7. The Morgan fingerprint density at radius 1 is 1.12 bits per heavy atom. The number of halogens is 5. The molecule has 1 saturated heterocycles. The lowest BCUT2D eigenvalue weighted by atomic mass is 9.97. The molecule has 7 nitrogen and oxygen atoms in total. The Morgan fingerprint density at radius 2 is 1.78 bits per heavy atom. The van der Waals surface area contributed by atoms with Gasteiger partial charge in [-0.2, -0.15) is 8.78 Å². The van der Waals surface area contributed by atoms with Crippen LogP contribution in [0.25, 0.3) is 0 Å². The molecule has 216 valence electrons. The summed E-state index contributed by atoms with van der Waals surface area (Å²) in [7, 11) is 1.51. The summed E-state index contributed by atoms with van der Waals surface area (Å²) in [6.45, 7) is 2.72. The highest BCUT2D eigenvalue weighted by Gasteiger charge is 2.35. The number of benzene rings is 2. The first-order valence-corrected chi connectivity index (χ1v) is 14.6. The maximum absolute atomic E-state index is 14.0. The molecule has 1 aromatic heterocycles. The average molecular weight is 643 g/mol.